The highest BCUT2D eigenvalue weighted by atomic mass is 28.2. The van der Waals surface area contributed by atoms with Gasteiger partial charge >= 0.3 is 0 Å². The lowest BCUT2D eigenvalue weighted by Crippen LogP contribution is -2.10. The maximum absolute atomic E-state index is 3.43. The third-order valence-corrected chi connectivity index (χ3v) is 4.56. The number of hydrogen-bond acceptors (Lipinski definition) is 0. The molecule has 0 aromatic carbocycles. The van der Waals surface area contributed by atoms with Crippen LogP contribution >= 0.6 is 0 Å². The van der Waals surface area contributed by atoms with Gasteiger partial charge in [-0.1, -0.05) is 36.9 Å². The number of allylic oxidation sites excluding steroid dienone is 8. The minimum absolute atomic E-state index is 0.357. The molecule has 0 atom stereocenters. The summed E-state index contributed by atoms with van der Waals surface area (Å²) in [5.41, 5.74) is 5.74. The SMILES string of the molecule is CC1=[C]CC(C)=C1C1=CC=CC1=[Si](C)C. The fraction of sp³-hybridized carbons (Fsp3) is 0.357. The molecule has 0 saturated carbocycles. The first-order valence-corrected chi connectivity index (χ1v) is 7.95. The third kappa shape index (κ3) is 1.76. The van der Waals surface area contributed by atoms with Crippen molar-refractivity contribution >= 4 is 13.6 Å². The van der Waals surface area contributed by atoms with E-state index >= 15 is 0 Å². The van der Waals surface area contributed by atoms with Crippen LogP contribution in [0.4, 0.5) is 0 Å². The van der Waals surface area contributed by atoms with E-state index in [1.165, 1.54) is 22.3 Å². The van der Waals surface area contributed by atoms with E-state index in [0.29, 0.717) is 0 Å². The molecule has 2 aliphatic carbocycles. The molecule has 0 saturated heterocycles. The van der Waals surface area contributed by atoms with Crippen LogP contribution in [0.25, 0.3) is 0 Å². The van der Waals surface area contributed by atoms with Crippen molar-refractivity contribution in [2.75, 3.05) is 0 Å². The highest BCUT2D eigenvalue weighted by molar-refractivity contribution is 6.74. The summed E-state index contributed by atoms with van der Waals surface area (Å²) in [7, 11) is -0.357. The van der Waals surface area contributed by atoms with Gasteiger partial charge < -0.3 is 0 Å². The summed E-state index contributed by atoms with van der Waals surface area (Å²) in [5, 5.41) is 1.57. The molecular weight excluding hydrogens is 196 g/mol. The lowest BCUT2D eigenvalue weighted by molar-refractivity contribution is 1.21. The van der Waals surface area contributed by atoms with Gasteiger partial charge in [-0.05, 0) is 48.2 Å². The zero-order valence-corrected chi connectivity index (χ0v) is 10.9. The third-order valence-electron chi connectivity index (χ3n) is 3.04. The Morgan fingerprint density at radius 2 is 2.00 bits per heavy atom. The Hall–Kier alpha value is -0.953. The molecule has 0 nitrogen and oxygen atoms in total. The Morgan fingerprint density at radius 1 is 1.27 bits per heavy atom. The Kier molecular flexibility index (Phi) is 2.74. The second kappa shape index (κ2) is 3.90. The summed E-state index contributed by atoms with van der Waals surface area (Å²) in [6.07, 6.45) is 11.2. The molecule has 0 aromatic heterocycles. The van der Waals surface area contributed by atoms with Crippen LogP contribution in [-0.2, 0) is 0 Å². The van der Waals surface area contributed by atoms with Crippen molar-refractivity contribution in [2.24, 2.45) is 0 Å². The molecule has 0 bridgehead atoms. The molecule has 15 heavy (non-hydrogen) atoms. The molecule has 77 valence electrons. The predicted octanol–water partition coefficient (Wildman–Crippen LogP) is 3.46. The van der Waals surface area contributed by atoms with E-state index in [1.54, 1.807) is 5.17 Å². The molecule has 0 N–H and O–H groups in total. The second-order valence-electron chi connectivity index (χ2n) is 4.49. The summed E-state index contributed by atoms with van der Waals surface area (Å²) in [6, 6.07) is 0. The van der Waals surface area contributed by atoms with Gasteiger partial charge in [0, 0.05) is 8.41 Å². The molecule has 1 heteroatoms. The average Bonchev–Trinajstić information content (AvgIpc) is 2.73. The molecule has 0 fully saturated rings. The Bertz CT molecular complexity index is 450. The second-order valence-corrected chi connectivity index (χ2v) is 7.03. The zero-order chi connectivity index (χ0) is 11.0. The van der Waals surface area contributed by atoms with Crippen molar-refractivity contribution in [3.63, 3.8) is 0 Å². The average molecular weight is 213 g/mol. The summed E-state index contributed by atoms with van der Waals surface area (Å²) < 4.78 is 0. The van der Waals surface area contributed by atoms with Crippen LogP contribution in [0.15, 0.2) is 40.5 Å². The molecule has 2 aliphatic rings. The first kappa shape index (κ1) is 10.6. The van der Waals surface area contributed by atoms with Gasteiger partial charge in [-0.15, -0.1) is 0 Å². The summed E-state index contributed by atoms with van der Waals surface area (Å²) in [5.74, 6) is 0. The Labute approximate surface area is 93.9 Å². The largest absolute Gasteiger partial charge is 0.0614 e. The minimum atomic E-state index is -0.357. The van der Waals surface area contributed by atoms with Gasteiger partial charge in [0.05, 0.1) is 0 Å². The molecule has 0 aliphatic heterocycles. The molecule has 0 spiro atoms. The quantitative estimate of drug-likeness (QED) is 0.585. The highest BCUT2D eigenvalue weighted by Crippen LogP contribution is 2.33. The van der Waals surface area contributed by atoms with E-state index in [0.717, 1.165) is 6.42 Å². The van der Waals surface area contributed by atoms with Crippen LogP contribution in [0.1, 0.15) is 20.3 Å². The van der Waals surface area contributed by atoms with E-state index in [1.807, 2.05) is 0 Å². The van der Waals surface area contributed by atoms with E-state index in [2.05, 4.69) is 51.2 Å². The maximum atomic E-state index is 3.43. The molecule has 0 unspecified atom stereocenters. The van der Waals surface area contributed by atoms with Gasteiger partial charge in [-0.25, -0.2) is 0 Å². The van der Waals surface area contributed by atoms with E-state index < -0.39 is 0 Å². The van der Waals surface area contributed by atoms with E-state index in [-0.39, 0.29) is 8.41 Å². The summed E-state index contributed by atoms with van der Waals surface area (Å²) in [6.45, 7) is 9.13. The Morgan fingerprint density at radius 3 is 2.53 bits per heavy atom. The monoisotopic (exact) mass is 213 g/mol. The van der Waals surface area contributed by atoms with Crippen molar-refractivity contribution in [3.05, 3.63) is 46.6 Å². The first-order chi connectivity index (χ1) is 7.11. The van der Waals surface area contributed by atoms with E-state index in [9.17, 15) is 0 Å². The first-order valence-electron chi connectivity index (χ1n) is 5.45. The predicted molar refractivity (Wildman–Crippen MR) is 69.5 cm³/mol. The molecular formula is C14H17Si. The standard InChI is InChI=1S/C14H17Si/c1-10-8-9-11(2)14(10)12-6-5-7-13(12)15(3)4/h5-7H,8H2,1-4H3. The van der Waals surface area contributed by atoms with Crippen LogP contribution in [0, 0.1) is 6.08 Å². The van der Waals surface area contributed by atoms with Crippen molar-refractivity contribution in [2.45, 2.75) is 33.4 Å². The van der Waals surface area contributed by atoms with Crippen molar-refractivity contribution < 1.29 is 0 Å². The normalized spacial score (nSPS) is 19.9. The van der Waals surface area contributed by atoms with Gasteiger partial charge in [0.25, 0.3) is 0 Å². The Balaban J connectivity index is 2.47. The summed E-state index contributed by atoms with van der Waals surface area (Å²) >= 11 is 0. The molecule has 0 amide bonds. The smallest absolute Gasteiger partial charge is 0.0136 e. The fourth-order valence-corrected chi connectivity index (χ4v) is 3.44. The van der Waals surface area contributed by atoms with Gasteiger partial charge in [0.2, 0.25) is 0 Å². The van der Waals surface area contributed by atoms with Crippen LogP contribution in [-0.4, -0.2) is 13.6 Å². The van der Waals surface area contributed by atoms with Gasteiger partial charge in [0.15, 0.2) is 0 Å². The number of rotatable bonds is 1. The van der Waals surface area contributed by atoms with Crippen molar-refractivity contribution in [3.8, 4) is 0 Å². The zero-order valence-electron chi connectivity index (χ0n) is 9.94. The number of hydrogen-bond donors (Lipinski definition) is 0. The lowest BCUT2D eigenvalue weighted by Gasteiger charge is -2.12. The van der Waals surface area contributed by atoms with Crippen LogP contribution in [0.3, 0.4) is 0 Å². The fourth-order valence-electron chi connectivity index (χ4n) is 2.27. The van der Waals surface area contributed by atoms with Gasteiger partial charge in [-0.3, -0.25) is 0 Å². The van der Waals surface area contributed by atoms with Gasteiger partial charge in [-0.2, -0.15) is 0 Å². The maximum Gasteiger partial charge on any atom is 0.0136 e. The van der Waals surface area contributed by atoms with Crippen molar-refractivity contribution in [1.29, 1.82) is 0 Å². The van der Waals surface area contributed by atoms with Crippen LogP contribution in [0.5, 0.6) is 0 Å². The minimum Gasteiger partial charge on any atom is -0.0614 e. The lowest BCUT2D eigenvalue weighted by atomic mass is 9.98. The van der Waals surface area contributed by atoms with Crippen molar-refractivity contribution in [1.82, 2.24) is 0 Å². The molecule has 2 rings (SSSR count). The topological polar surface area (TPSA) is 0 Å². The molecule has 0 heterocycles. The summed E-state index contributed by atoms with van der Waals surface area (Å²) in [4.78, 5) is 0. The van der Waals surface area contributed by atoms with Gasteiger partial charge in [0.1, 0.15) is 0 Å². The van der Waals surface area contributed by atoms with Crippen LogP contribution < -0.4 is 0 Å². The molecule has 1 radical (unpaired) electrons. The molecule has 0 aromatic rings. The van der Waals surface area contributed by atoms with Crippen LogP contribution in [0.2, 0.25) is 13.1 Å². The van der Waals surface area contributed by atoms with E-state index in [4.69, 9.17) is 0 Å². The highest BCUT2D eigenvalue weighted by Gasteiger charge is 2.19.